The van der Waals surface area contributed by atoms with Crippen LogP contribution < -0.4 is 20.9 Å². The predicted molar refractivity (Wildman–Crippen MR) is 124 cm³/mol. The summed E-state index contributed by atoms with van der Waals surface area (Å²) >= 11 is 0. The van der Waals surface area contributed by atoms with Crippen molar-refractivity contribution < 1.29 is 4.74 Å². The van der Waals surface area contributed by atoms with Gasteiger partial charge in [-0.2, -0.15) is 0 Å². The van der Waals surface area contributed by atoms with Gasteiger partial charge in [-0.3, -0.25) is 14.8 Å². The zero-order valence-corrected chi connectivity index (χ0v) is 18.9. The van der Waals surface area contributed by atoms with Crippen LogP contribution in [0.25, 0.3) is 10.9 Å². The normalized spacial score (nSPS) is 12.9. The number of H-pyrrole nitrogens is 1. The monoisotopic (exact) mass is 451 g/mol. The van der Waals surface area contributed by atoms with Gasteiger partial charge in [-0.25, -0.2) is 4.98 Å². The number of hydrogen-bond acceptors (Lipinski definition) is 6. The van der Waals surface area contributed by atoms with Crippen LogP contribution in [0.1, 0.15) is 42.3 Å². The fourth-order valence-electron chi connectivity index (χ4n) is 3.74. The van der Waals surface area contributed by atoms with E-state index in [1.165, 1.54) is 0 Å². The molecule has 30 heavy (non-hydrogen) atoms. The van der Waals surface area contributed by atoms with E-state index in [0.29, 0.717) is 35.7 Å². The number of anilines is 1. The van der Waals surface area contributed by atoms with Gasteiger partial charge < -0.3 is 15.4 Å². The number of fused-ring (bicyclic) bond motifs is 2. The Hall–Kier alpha value is -2.35. The molecular formula is C21H27Cl2N5O2. The van der Waals surface area contributed by atoms with Crippen LogP contribution in [-0.2, 0) is 19.5 Å². The van der Waals surface area contributed by atoms with Crippen molar-refractivity contribution in [3.8, 4) is 5.75 Å². The number of benzene rings is 1. The van der Waals surface area contributed by atoms with Crippen molar-refractivity contribution >= 4 is 41.7 Å². The van der Waals surface area contributed by atoms with Crippen molar-refractivity contribution in [2.45, 2.75) is 39.3 Å². The Balaban J connectivity index is 0.00000160. The summed E-state index contributed by atoms with van der Waals surface area (Å²) < 4.78 is 5.42. The molecule has 3 N–H and O–H groups in total. The Bertz CT molecular complexity index is 1100. The summed E-state index contributed by atoms with van der Waals surface area (Å²) in [6.07, 6.45) is 0.792. The number of rotatable bonds is 4. The van der Waals surface area contributed by atoms with E-state index in [-0.39, 0.29) is 36.3 Å². The third kappa shape index (κ3) is 4.38. The van der Waals surface area contributed by atoms with Crippen molar-refractivity contribution in [1.29, 1.82) is 0 Å². The third-order valence-corrected chi connectivity index (χ3v) is 5.27. The molecular weight excluding hydrogens is 425 g/mol. The van der Waals surface area contributed by atoms with Gasteiger partial charge in [-0.15, -0.1) is 24.8 Å². The Morgan fingerprint density at radius 1 is 1.23 bits per heavy atom. The van der Waals surface area contributed by atoms with Crippen LogP contribution in [0.5, 0.6) is 5.75 Å². The van der Waals surface area contributed by atoms with Crippen LogP contribution in [-0.4, -0.2) is 28.6 Å². The number of nitrogens with one attached hydrogen (secondary N) is 1. The van der Waals surface area contributed by atoms with Crippen molar-refractivity contribution in [2.24, 2.45) is 5.73 Å². The number of halogens is 2. The molecule has 9 heteroatoms. The van der Waals surface area contributed by atoms with Crippen molar-refractivity contribution in [3.05, 3.63) is 57.1 Å². The Morgan fingerprint density at radius 2 is 2.00 bits per heavy atom. The largest absolute Gasteiger partial charge is 0.497 e. The number of hydrogen-bond donors (Lipinski definition) is 2. The molecule has 3 aromatic rings. The molecule has 0 saturated heterocycles. The van der Waals surface area contributed by atoms with E-state index in [9.17, 15) is 4.79 Å². The second kappa shape index (κ2) is 9.64. The van der Waals surface area contributed by atoms with Crippen molar-refractivity contribution in [1.82, 2.24) is 15.0 Å². The number of methoxy groups -OCH3 is 1. The van der Waals surface area contributed by atoms with Crippen LogP contribution in [0, 0.1) is 0 Å². The second-order valence-electron chi connectivity index (χ2n) is 7.44. The number of aromatic amines is 1. The van der Waals surface area contributed by atoms with E-state index in [1.807, 2.05) is 18.2 Å². The van der Waals surface area contributed by atoms with E-state index in [1.54, 1.807) is 7.11 Å². The molecule has 0 radical (unpaired) electrons. The highest BCUT2D eigenvalue weighted by atomic mass is 35.5. The standard InChI is InChI=1S/C21H25N5O2.2ClH/c1-12(2)16-8-15(28-3)9-18-19(16)20(27)25-21(24-18)26-7-6-17-13(11-26)4-5-14(10-22)23-17;;/h4-5,8-9,12H,6-7,10-11,22H2,1-3H3,(H,24,25,27);2*1H. The van der Waals surface area contributed by atoms with Gasteiger partial charge in [0.25, 0.3) is 5.56 Å². The number of nitrogens with two attached hydrogens (primary N) is 1. The van der Waals surface area contributed by atoms with Gasteiger partial charge in [0.1, 0.15) is 5.75 Å². The average molecular weight is 452 g/mol. The lowest BCUT2D eigenvalue weighted by Gasteiger charge is -2.29. The summed E-state index contributed by atoms with van der Waals surface area (Å²) in [6, 6.07) is 7.77. The molecule has 1 aliphatic heterocycles. The first-order valence-electron chi connectivity index (χ1n) is 9.54. The van der Waals surface area contributed by atoms with E-state index in [0.717, 1.165) is 35.5 Å². The maximum atomic E-state index is 12.9. The van der Waals surface area contributed by atoms with E-state index in [4.69, 9.17) is 15.5 Å². The number of aromatic nitrogens is 3. The number of nitrogens with zero attached hydrogens (tertiary/aromatic N) is 3. The maximum Gasteiger partial charge on any atom is 0.260 e. The van der Waals surface area contributed by atoms with Gasteiger partial charge in [0.15, 0.2) is 0 Å². The van der Waals surface area contributed by atoms with Gasteiger partial charge >= 0.3 is 0 Å². The minimum atomic E-state index is -0.117. The first-order valence-corrected chi connectivity index (χ1v) is 9.54. The lowest BCUT2D eigenvalue weighted by atomic mass is 9.98. The molecule has 0 atom stereocenters. The number of ether oxygens (including phenoxy) is 1. The van der Waals surface area contributed by atoms with Gasteiger partial charge in [0.05, 0.1) is 23.7 Å². The summed E-state index contributed by atoms with van der Waals surface area (Å²) in [5.74, 6) is 1.48. The van der Waals surface area contributed by atoms with Gasteiger partial charge in [0, 0.05) is 37.8 Å². The minimum absolute atomic E-state index is 0. The molecule has 0 amide bonds. The smallest absolute Gasteiger partial charge is 0.260 e. The maximum absolute atomic E-state index is 12.9. The zero-order valence-electron chi connectivity index (χ0n) is 17.3. The van der Waals surface area contributed by atoms with Crippen LogP contribution in [0.2, 0.25) is 0 Å². The lowest BCUT2D eigenvalue weighted by Crippen LogP contribution is -2.34. The van der Waals surface area contributed by atoms with E-state index >= 15 is 0 Å². The van der Waals surface area contributed by atoms with Crippen LogP contribution in [0.15, 0.2) is 29.1 Å². The highest BCUT2D eigenvalue weighted by molar-refractivity contribution is 5.86. The second-order valence-corrected chi connectivity index (χ2v) is 7.44. The van der Waals surface area contributed by atoms with Crippen molar-refractivity contribution in [2.75, 3.05) is 18.6 Å². The average Bonchev–Trinajstić information content (AvgIpc) is 2.71. The first kappa shape index (κ1) is 23.9. The molecule has 0 fully saturated rings. The zero-order chi connectivity index (χ0) is 19.8. The molecule has 162 valence electrons. The van der Waals surface area contributed by atoms with Crippen LogP contribution in [0.3, 0.4) is 0 Å². The minimum Gasteiger partial charge on any atom is -0.497 e. The molecule has 1 aliphatic rings. The SMILES string of the molecule is COc1cc(C(C)C)c2c(=O)[nH]c(N3CCc4nc(CN)ccc4C3)nc2c1.Cl.Cl. The Kier molecular flexibility index (Phi) is 7.69. The third-order valence-electron chi connectivity index (χ3n) is 5.27. The van der Waals surface area contributed by atoms with Gasteiger partial charge in [-0.05, 0) is 29.2 Å². The predicted octanol–water partition coefficient (Wildman–Crippen LogP) is 3.32. The van der Waals surface area contributed by atoms with Crippen LogP contribution in [0.4, 0.5) is 5.95 Å². The molecule has 0 aliphatic carbocycles. The molecule has 3 heterocycles. The molecule has 0 spiro atoms. The van der Waals surface area contributed by atoms with Crippen molar-refractivity contribution in [3.63, 3.8) is 0 Å². The first-order chi connectivity index (χ1) is 13.5. The summed E-state index contributed by atoms with van der Waals surface area (Å²) in [4.78, 5) is 27.4. The molecule has 7 nitrogen and oxygen atoms in total. The molecule has 0 bridgehead atoms. The summed E-state index contributed by atoms with van der Waals surface area (Å²) in [5.41, 5.74) is 10.3. The fourth-order valence-corrected chi connectivity index (χ4v) is 3.74. The summed E-state index contributed by atoms with van der Waals surface area (Å²) in [6.45, 7) is 5.96. The molecule has 2 aromatic heterocycles. The highest BCUT2D eigenvalue weighted by Gasteiger charge is 2.21. The van der Waals surface area contributed by atoms with E-state index in [2.05, 4.69) is 34.8 Å². The number of pyridine rings is 1. The van der Waals surface area contributed by atoms with Gasteiger partial charge in [-0.1, -0.05) is 19.9 Å². The summed E-state index contributed by atoms with van der Waals surface area (Å²) in [7, 11) is 1.63. The Labute approximate surface area is 187 Å². The molecule has 4 rings (SSSR count). The quantitative estimate of drug-likeness (QED) is 0.631. The van der Waals surface area contributed by atoms with Crippen LogP contribution >= 0.6 is 24.8 Å². The topological polar surface area (TPSA) is 97.1 Å². The van der Waals surface area contributed by atoms with Gasteiger partial charge in [0.2, 0.25) is 5.95 Å². The molecule has 0 unspecified atom stereocenters. The summed E-state index contributed by atoms with van der Waals surface area (Å²) in [5, 5.41) is 0.631. The Morgan fingerprint density at radius 3 is 2.67 bits per heavy atom. The molecule has 0 saturated carbocycles. The van der Waals surface area contributed by atoms with E-state index < -0.39 is 0 Å². The fraction of sp³-hybridized carbons (Fsp3) is 0.381. The molecule has 1 aromatic carbocycles. The highest BCUT2D eigenvalue weighted by Crippen LogP contribution is 2.29. The lowest BCUT2D eigenvalue weighted by molar-refractivity contribution is 0.414.